The maximum atomic E-state index is 15.2. The molecule has 1 aliphatic carbocycles. The van der Waals surface area contributed by atoms with Crippen LogP contribution in [0.25, 0.3) is 0 Å². The van der Waals surface area contributed by atoms with Gasteiger partial charge in [0, 0.05) is 24.6 Å². The molecule has 7 aromatic rings. The van der Waals surface area contributed by atoms with Crippen molar-refractivity contribution in [3.8, 4) is 40.2 Å². The summed E-state index contributed by atoms with van der Waals surface area (Å²) in [5.74, 6) is -1.91. The smallest absolute Gasteiger partial charge is 0.343 e. The Balaban J connectivity index is 1.08. The van der Waals surface area contributed by atoms with Crippen molar-refractivity contribution >= 4 is 35.6 Å². The number of amides is 1. The highest BCUT2D eigenvalue weighted by Gasteiger charge is 2.33. The fourth-order valence-electron chi connectivity index (χ4n) is 9.22. The maximum absolute atomic E-state index is 15.2. The number of likely N-dealkylation sites (N-methyl/N-ethyl adjacent to an activating group) is 1. The zero-order valence-electron chi connectivity index (χ0n) is 47.5. The van der Waals surface area contributed by atoms with Gasteiger partial charge in [0.05, 0.1) is 48.7 Å². The molecule has 0 heterocycles. The monoisotopic (exact) mass is 1120 g/mol. The van der Waals surface area contributed by atoms with Crippen LogP contribution in [0.5, 0.6) is 40.2 Å². The van der Waals surface area contributed by atoms with E-state index in [1.165, 1.54) is 60.8 Å². The van der Waals surface area contributed by atoms with Crippen molar-refractivity contribution in [3.63, 3.8) is 0 Å². The number of esters is 4. The lowest BCUT2D eigenvalue weighted by Crippen LogP contribution is -2.41. The average Bonchev–Trinajstić information content (AvgIpc) is 3.59. The van der Waals surface area contributed by atoms with Crippen molar-refractivity contribution in [1.82, 2.24) is 4.90 Å². The van der Waals surface area contributed by atoms with E-state index in [0.717, 1.165) is 44.9 Å². The van der Waals surface area contributed by atoms with Crippen molar-refractivity contribution in [3.05, 3.63) is 208 Å². The largest absolute Gasteiger partial charge is 0.494 e. The molecule has 15 nitrogen and oxygen atoms in total. The molecule has 1 aliphatic rings. The lowest BCUT2D eigenvalue weighted by atomic mass is 9.96. The minimum atomic E-state index is -1.19. The van der Waals surface area contributed by atoms with Crippen LogP contribution in [0.3, 0.4) is 0 Å². The van der Waals surface area contributed by atoms with Crippen LogP contribution in [-0.2, 0) is 11.2 Å². The molecule has 0 unspecified atom stereocenters. The molecule has 0 aromatic heterocycles. The Morgan fingerprint density at radius 2 is 0.928 bits per heavy atom. The first kappa shape index (κ1) is 59.9. The van der Waals surface area contributed by atoms with Crippen molar-refractivity contribution in [2.45, 2.75) is 104 Å². The predicted octanol–water partition coefficient (Wildman–Crippen LogP) is 13.9. The number of nitrogens with zero attached hydrogens (tertiary/aromatic N) is 1. The van der Waals surface area contributed by atoms with E-state index in [1.54, 1.807) is 128 Å². The minimum Gasteiger partial charge on any atom is -0.494 e. The van der Waals surface area contributed by atoms with Crippen LogP contribution in [0.15, 0.2) is 164 Å². The van der Waals surface area contributed by atoms with Gasteiger partial charge in [-0.2, -0.15) is 0 Å². The molecule has 1 fully saturated rings. The Hall–Kier alpha value is -9.24. The van der Waals surface area contributed by atoms with Crippen molar-refractivity contribution in [2.24, 2.45) is 0 Å². The Kier molecular flexibility index (Phi) is 21.3. The Bertz CT molecular complexity index is 3320. The molecule has 0 bridgehead atoms. The highest BCUT2D eigenvalue weighted by molar-refractivity contribution is 6.02. The molecule has 83 heavy (non-hydrogen) atoms. The van der Waals surface area contributed by atoms with E-state index in [1.807, 2.05) is 20.8 Å². The summed E-state index contributed by atoms with van der Waals surface area (Å²) in [7, 11) is 1.53. The van der Waals surface area contributed by atoms with Crippen LogP contribution < -0.4 is 33.2 Å². The Morgan fingerprint density at radius 1 is 0.482 bits per heavy atom. The van der Waals surface area contributed by atoms with E-state index >= 15 is 4.79 Å². The van der Waals surface area contributed by atoms with Gasteiger partial charge in [-0.05, 0) is 190 Å². The number of ketones is 1. The van der Waals surface area contributed by atoms with Gasteiger partial charge in [0.1, 0.15) is 51.9 Å². The second kappa shape index (κ2) is 29.5. The van der Waals surface area contributed by atoms with Gasteiger partial charge in [0.2, 0.25) is 0 Å². The number of hydrogen-bond acceptors (Lipinski definition) is 14. The molecule has 0 spiro atoms. The Morgan fingerprint density at radius 3 is 1.43 bits per heavy atom. The number of carbonyl (C=O) groups is 6. The number of carbonyl (C=O) groups excluding carboxylic acids is 6. The maximum Gasteiger partial charge on any atom is 0.343 e. The lowest BCUT2D eigenvalue weighted by molar-refractivity contribution is 0.00531. The number of benzene rings is 7. The topological polar surface area (TPSA) is 179 Å². The van der Waals surface area contributed by atoms with Crippen LogP contribution in [0.2, 0.25) is 0 Å². The second-order valence-corrected chi connectivity index (χ2v) is 20.2. The standard InChI is InChI=1S/C68H69NO14/c1-6-39-76-52-28-19-46(20-29-52)61(70)42-51-27-36-57(80-66(73)49-25-34-56(35-26-49)79-55-17-13-10-14-18-55)43-59(51)64(71)69(5)45(4)63(47-15-11-9-12-16-47)83-68(75)60-44-58(81-65(72)48-21-30-53(31-22-48)77-40-7-2)37-38-62(60)82-67(74)50-23-32-54(33-24-50)78-41-8-3/h9,11-12,15-16,19-38,43-45,55,63H,6-8,10,13-14,17-18,39-42H2,1-5H3/t45-,63-/m1/s1. The Labute approximate surface area is 484 Å². The van der Waals surface area contributed by atoms with Crippen molar-refractivity contribution < 1.29 is 66.7 Å². The molecule has 1 saturated carbocycles. The molecule has 15 heteroatoms. The highest BCUT2D eigenvalue weighted by atomic mass is 16.6. The summed E-state index contributed by atoms with van der Waals surface area (Å²) in [5.41, 5.74) is 1.62. The number of hydrogen-bond donors (Lipinski definition) is 0. The fraction of sp³-hybridized carbons (Fsp3) is 0.294. The molecule has 0 N–H and O–H groups in total. The predicted molar refractivity (Wildman–Crippen MR) is 313 cm³/mol. The van der Waals surface area contributed by atoms with Gasteiger partial charge in [0.25, 0.3) is 5.91 Å². The zero-order valence-corrected chi connectivity index (χ0v) is 47.5. The fourth-order valence-corrected chi connectivity index (χ4v) is 9.22. The van der Waals surface area contributed by atoms with Crippen LogP contribution in [0.1, 0.15) is 158 Å². The summed E-state index contributed by atoms with van der Waals surface area (Å²) in [6, 6.07) is 42.5. The summed E-state index contributed by atoms with van der Waals surface area (Å²) in [5, 5.41) is 0. The second-order valence-electron chi connectivity index (χ2n) is 20.2. The quantitative estimate of drug-likeness (QED) is 0.0284. The molecular formula is C68H69NO14. The molecule has 8 rings (SSSR count). The summed E-state index contributed by atoms with van der Waals surface area (Å²) in [6.07, 6.45) is 6.51. The van der Waals surface area contributed by atoms with E-state index in [4.69, 9.17) is 37.9 Å². The van der Waals surface area contributed by atoms with Crippen LogP contribution in [0, 0.1) is 0 Å². The van der Waals surface area contributed by atoms with E-state index in [9.17, 15) is 24.0 Å². The minimum absolute atomic E-state index is 0.0445. The zero-order chi connectivity index (χ0) is 58.7. The third kappa shape index (κ3) is 16.5. The van der Waals surface area contributed by atoms with E-state index < -0.39 is 41.9 Å². The van der Waals surface area contributed by atoms with Crippen LogP contribution in [-0.4, -0.2) is 79.5 Å². The molecule has 430 valence electrons. The van der Waals surface area contributed by atoms with Gasteiger partial charge in [-0.25, -0.2) is 19.2 Å². The van der Waals surface area contributed by atoms with Crippen LogP contribution >= 0.6 is 0 Å². The molecule has 0 aliphatic heterocycles. The summed E-state index contributed by atoms with van der Waals surface area (Å²) in [4.78, 5) is 86.4. The normalized spacial score (nSPS) is 12.9. The molecule has 2 atom stereocenters. The molecular weight excluding hydrogens is 1050 g/mol. The van der Waals surface area contributed by atoms with Gasteiger partial charge in [-0.1, -0.05) is 63.6 Å². The SMILES string of the molecule is CCCOc1ccc(C(=O)Cc2ccc(OC(=O)c3ccc(OC4CCCCC4)cc3)cc2C(=O)N(C)[C@H](C)[C@@H](OC(=O)c2cc(OC(=O)c3ccc(OCCC)cc3)ccc2OC(=O)c2ccc(OCCC)cc2)c2ccccc2)cc1. The van der Waals surface area contributed by atoms with Gasteiger partial charge < -0.3 is 42.8 Å². The van der Waals surface area contributed by atoms with Crippen LogP contribution in [0.4, 0.5) is 0 Å². The highest BCUT2D eigenvalue weighted by Crippen LogP contribution is 2.34. The first-order chi connectivity index (χ1) is 40.3. The van der Waals surface area contributed by atoms with Crippen molar-refractivity contribution in [1.29, 1.82) is 0 Å². The van der Waals surface area contributed by atoms with Gasteiger partial charge in [0.15, 0.2) is 5.78 Å². The molecule has 7 aromatic carbocycles. The van der Waals surface area contributed by atoms with E-state index in [-0.39, 0.29) is 63.4 Å². The molecule has 1 amide bonds. The van der Waals surface area contributed by atoms with Gasteiger partial charge in [-0.3, -0.25) is 9.59 Å². The summed E-state index contributed by atoms with van der Waals surface area (Å²) in [6.45, 7) is 9.16. The average molecular weight is 1120 g/mol. The lowest BCUT2D eigenvalue weighted by Gasteiger charge is -2.32. The van der Waals surface area contributed by atoms with Crippen molar-refractivity contribution in [2.75, 3.05) is 26.9 Å². The third-order valence-corrected chi connectivity index (χ3v) is 13.9. The molecule has 0 radical (unpaired) electrons. The summed E-state index contributed by atoms with van der Waals surface area (Å²) < 4.78 is 47.2. The van der Waals surface area contributed by atoms with E-state index in [2.05, 4.69) is 0 Å². The van der Waals surface area contributed by atoms with E-state index in [0.29, 0.717) is 59.5 Å². The number of ether oxygens (including phenoxy) is 8. The number of rotatable bonds is 26. The molecule has 0 saturated heterocycles. The van der Waals surface area contributed by atoms with Gasteiger partial charge in [-0.15, -0.1) is 0 Å². The first-order valence-electron chi connectivity index (χ1n) is 28.3. The first-order valence-corrected chi connectivity index (χ1v) is 28.3. The summed E-state index contributed by atoms with van der Waals surface area (Å²) >= 11 is 0. The third-order valence-electron chi connectivity index (χ3n) is 13.9. The number of Topliss-reactive ketones (excluding diaryl/α,β-unsaturated/α-hetero) is 1. The van der Waals surface area contributed by atoms with Gasteiger partial charge >= 0.3 is 23.9 Å².